The van der Waals surface area contributed by atoms with E-state index in [0.717, 1.165) is 43.5 Å². The Kier molecular flexibility index (Phi) is 6.32. The number of hydrogen-bond acceptors (Lipinski definition) is 3. The van der Waals surface area contributed by atoms with Crippen LogP contribution >= 0.6 is 0 Å². The van der Waals surface area contributed by atoms with Gasteiger partial charge in [0.15, 0.2) is 0 Å². The third-order valence-electron chi connectivity index (χ3n) is 6.10. The van der Waals surface area contributed by atoms with Gasteiger partial charge in [-0.2, -0.15) is 0 Å². The van der Waals surface area contributed by atoms with Crippen molar-refractivity contribution < 1.29 is 9.59 Å². The van der Waals surface area contributed by atoms with E-state index in [0.29, 0.717) is 17.8 Å². The van der Waals surface area contributed by atoms with Gasteiger partial charge >= 0.3 is 0 Å². The van der Waals surface area contributed by atoms with Gasteiger partial charge in [-0.05, 0) is 30.0 Å². The monoisotopic (exact) mass is 402 g/mol. The maximum atomic E-state index is 13.5. The van der Waals surface area contributed by atoms with E-state index >= 15 is 0 Å². The van der Waals surface area contributed by atoms with Crippen molar-refractivity contribution in [2.75, 3.05) is 18.0 Å². The molecule has 0 radical (unpaired) electrons. The lowest BCUT2D eigenvalue weighted by molar-refractivity contribution is -0.136. The van der Waals surface area contributed by atoms with Crippen LogP contribution in [-0.4, -0.2) is 29.8 Å². The molecule has 2 aliphatic rings. The van der Waals surface area contributed by atoms with Crippen LogP contribution in [-0.2, 0) is 16.0 Å². The van der Waals surface area contributed by atoms with Crippen LogP contribution in [0.25, 0.3) is 5.57 Å². The molecular formula is C26H30N2O2. The molecule has 0 aromatic heterocycles. The van der Waals surface area contributed by atoms with Gasteiger partial charge in [-0.15, -0.1) is 0 Å². The number of rotatable bonds is 9. The number of fused-ring (bicyclic) bond motifs is 1. The average molecular weight is 403 g/mol. The van der Waals surface area contributed by atoms with Crippen LogP contribution < -0.4 is 4.90 Å². The summed E-state index contributed by atoms with van der Waals surface area (Å²) in [6.45, 7) is 3.43. The van der Waals surface area contributed by atoms with Crippen LogP contribution in [0.4, 0.5) is 5.69 Å². The van der Waals surface area contributed by atoms with Crippen LogP contribution in [0, 0.1) is 0 Å². The summed E-state index contributed by atoms with van der Waals surface area (Å²) in [7, 11) is 0. The summed E-state index contributed by atoms with van der Waals surface area (Å²) in [6, 6.07) is 17.8. The molecule has 4 heteroatoms. The second kappa shape index (κ2) is 9.29. The number of benzene rings is 2. The number of imide groups is 1. The maximum absolute atomic E-state index is 13.5. The summed E-state index contributed by atoms with van der Waals surface area (Å²) in [4.78, 5) is 30.4. The molecule has 2 aromatic rings. The van der Waals surface area contributed by atoms with Crippen LogP contribution in [0.15, 0.2) is 60.3 Å². The highest BCUT2D eigenvalue weighted by Crippen LogP contribution is 2.38. The summed E-state index contributed by atoms with van der Waals surface area (Å²) in [6.07, 6.45) is 7.67. The topological polar surface area (TPSA) is 40.6 Å². The largest absolute Gasteiger partial charge is 0.336 e. The first kappa shape index (κ1) is 20.4. The zero-order valence-electron chi connectivity index (χ0n) is 17.8. The van der Waals surface area contributed by atoms with Gasteiger partial charge in [-0.25, -0.2) is 0 Å². The van der Waals surface area contributed by atoms with Crippen molar-refractivity contribution in [3.63, 3.8) is 0 Å². The molecule has 0 aliphatic carbocycles. The predicted octanol–water partition coefficient (Wildman–Crippen LogP) is 5.19. The first-order valence-electron chi connectivity index (χ1n) is 11.2. The molecule has 4 rings (SSSR count). The standard InChI is InChI=1S/C26H30N2O2/c1-2-3-4-5-6-12-18-28-25(29)23(21-14-8-7-9-15-21)24(26(28)30)27-19-17-20-13-10-11-16-22(20)27/h7-11,13-16H,2-6,12,17-19H2,1H3. The van der Waals surface area contributed by atoms with E-state index in [9.17, 15) is 9.59 Å². The lowest BCUT2D eigenvalue weighted by Crippen LogP contribution is -2.35. The van der Waals surface area contributed by atoms with E-state index in [2.05, 4.69) is 17.9 Å². The molecule has 4 nitrogen and oxygen atoms in total. The van der Waals surface area contributed by atoms with E-state index in [4.69, 9.17) is 0 Å². The third-order valence-corrected chi connectivity index (χ3v) is 6.10. The molecule has 2 heterocycles. The van der Waals surface area contributed by atoms with Gasteiger partial charge in [-0.3, -0.25) is 14.5 Å². The first-order chi connectivity index (χ1) is 14.7. The van der Waals surface area contributed by atoms with E-state index in [1.54, 1.807) is 0 Å². The van der Waals surface area contributed by atoms with Gasteiger partial charge in [-0.1, -0.05) is 87.6 Å². The molecule has 0 unspecified atom stereocenters. The highest BCUT2D eigenvalue weighted by Gasteiger charge is 2.42. The van der Waals surface area contributed by atoms with Crippen LogP contribution in [0.3, 0.4) is 0 Å². The highest BCUT2D eigenvalue weighted by atomic mass is 16.2. The Balaban J connectivity index is 1.60. The van der Waals surface area contributed by atoms with Crippen molar-refractivity contribution >= 4 is 23.1 Å². The Labute approximate surface area is 179 Å². The van der Waals surface area contributed by atoms with Gasteiger partial charge < -0.3 is 4.90 Å². The molecule has 2 amide bonds. The predicted molar refractivity (Wildman–Crippen MR) is 121 cm³/mol. The third kappa shape index (κ3) is 3.91. The van der Waals surface area contributed by atoms with Gasteiger partial charge in [0, 0.05) is 18.8 Å². The molecule has 0 saturated heterocycles. The quantitative estimate of drug-likeness (QED) is 0.428. The lowest BCUT2D eigenvalue weighted by atomic mass is 10.0. The Morgan fingerprint density at radius 2 is 1.50 bits per heavy atom. The maximum Gasteiger partial charge on any atom is 0.278 e. The summed E-state index contributed by atoms with van der Waals surface area (Å²) in [5, 5.41) is 0. The zero-order valence-corrected chi connectivity index (χ0v) is 17.8. The van der Waals surface area contributed by atoms with Gasteiger partial charge in [0.05, 0.1) is 5.57 Å². The Morgan fingerprint density at radius 3 is 2.30 bits per heavy atom. The van der Waals surface area contributed by atoms with Gasteiger partial charge in [0.1, 0.15) is 5.70 Å². The number of para-hydroxylation sites is 1. The smallest absolute Gasteiger partial charge is 0.278 e. The summed E-state index contributed by atoms with van der Waals surface area (Å²) in [5.41, 5.74) is 4.18. The van der Waals surface area contributed by atoms with Crippen molar-refractivity contribution in [1.82, 2.24) is 4.90 Å². The fourth-order valence-corrected chi connectivity index (χ4v) is 4.50. The number of nitrogens with zero attached hydrogens (tertiary/aromatic N) is 2. The van der Waals surface area contributed by atoms with Gasteiger partial charge in [0.2, 0.25) is 0 Å². The summed E-state index contributed by atoms with van der Waals surface area (Å²) < 4.78 is 0. The van der Waals surface area contributed by atoms with Crippen molar-refractivity contribution in [3.05, 3.63) is 71.4 Å². The van der Waals surface area contributed by atoms with E-state index in [1.165, 1.54) is 29.7 Å². The van der Waals surface area contributed by atoms with Crippen LogP contribution in [0.5, 0.6) is 0 Å². The molecule has 0 N–H and O–H groups in total. The Hall–Kier alpha value is -2.88. The average Bonchev–Trinajstić information content (AvgIpc) is 3.30. The second-order valence-electron chi connectivity index (χ2n) is 8.15. The minimum absolute atomic E-state index is 0.149. The fourth-order valence-electron chi connectivity index (χ4n) is 4.50. The second-order valence-corrected chi connectivity index (χ2v) is 8.15. The molecule has 2 aromatic carbocycles. The number of carbonyl (C=O) groups excluding carboxylic acids is 2. The minimum Gasteiger partial charge on any atom is -0.336 e. The van der Waals surface area contributed by atoms with Crippen LogP contribution in [0.2, 0.25) is 0 Å². The zero-order chi connectivity index (χ0) is 20.9. The van der Waals surface area contributed by atoms with E-state index in [1.807, 2.05) is 48.5 Å². The molecule has 2 aliphatic heterocycles. The number of hydrogen-bond donors (Lipinski definition) is 0. The van der Waals surface area contributed by atoms with Crippen molar-refractivity contribution in [2.45, 2.75) is 51.9 Å². The number of anilines is 1. The molecule has 30 heavy (non-hydrogen) atoms. The van der Waals surface area contributed by atoms with E-state index in [-0.39, 0.29) is 11.8 Å². The molecule has 0 bridgehead atoms. The Morgan fingerprint density at radius 1 is 0.800 bits per heavy atom. The SMILES string of the molecule is CCCCCCCCN1C(=O)C(c2ccccc2)=C(N2CCc3ccccc32)C1=O. The normalized spacial score (nSPS) is 16.0. The minimum atomic E-state index is -0.154. The molecular weight excluding hydrogens is 372 g/mol. The first-order valence-corrected chi connectivity index (χ1v) is 11.2. The molecule has 0 spiro atoms. The molecule has 0 fully saturated rings. The highest BCUT2D eigenvalue weighted by molar-refractivity contribution is 6.36. The summed E-state index contributed by atoms with van der Waals surface area (Å²) >= 11 is 0. The lowest BCUT2D eigenvalue weighted by Gasteiger charge is -2.21. The molecule has 0 atom stereocenters. The number of carbonyl (C=O) groups is 2. The van der Waals surface area contributed by atoms with E-state index < -0.39 is 0 Å². The number of unbranched alkanes of at least 4 members (excludes halogenated alkanes) is 5. The Bertz CT molecular complexity index is 949. The van der Waals surface area contributed by atoms with Gasteiger partial charge in [0.25, 0.3) is 11.8 Å². The van der Waals surface area contributed by atoms with Crippen LogP contribution in [0.1, 0.15) is 56.6 Å². The summed E-state index contributed by atoms with van der Waals surface area (Å²) in [5.74, 6) is -0.303. The van der Waals surface area contributed by atoms with Crippen molar-refractivity contribution in [2.24, 2.45) is 0 Å². The molecule has 0 saturated carbocycles. The van der Waals surface area contributed by atoms with Crippen molar-refractivity contribution in [1.29, 1.82) is 0 Å². The number of amides is 2. The molecule has 156 valence electrons. The van der Waals surface area contributed by atoms with Crippen molar-refractivity contribution in [3.8, 4) is 0 Å². The fraction of sp³-hybridized carbons (Fsp3) is 0.385.